The van der Waals surface area contributed by atoms with Crippen LogP contribution in [0.25, 0.3) is 11.1 Å². The van der Waals surface area contributed by atoms with E-state index in [1.807, 2.05) is 44.2 Å². The molecule has 1 aromatic heterocycles. The molecule has 0 saturated carbocycles. The Morgan fingerprint density at radius 2 is 1.86 bits per heavy atom. The second-order valence-electron chi connectivity index (χ2n) is 6.72. The first-order chi connectivity index (χ1) is 13.6. The van der Waals surface area contributed by atoms with Gasteiger partial charge in [0, 0.05) is 18.0 Å². The van der Waals surface area contributed by atoms with E-state index in [9.17, 15) is 0 Å². The van der Waals surface area contributed by atoms with E-state index in [0.29, 0.717) is 13.2 Å². The minimum absolute atomic E-state index is 0.194. The molecule has 4 rings (SSSR count). The van der Waals surface area contributed by atoms with Crippen LogP contribution in [0.2, 0.25) is 0 Å². The molecule has 1 atom stereocenters. The predicted molar refractivity (Wildman–Crippen MR) is 108 cm³/mol. The van der Waals surface area contributed by atoms with Crippen LogP contribution >= 0.6 is 0 Å². The van der Waals surface area contributed by atoms with Gasteiger partial charge in [0.05, 0.1) is 6.61 Å². The summed E-state index contributed by atoms with van der Waals surface area (Å²) in [6, 6.07) is 14.5. The van der Waals surface area contributed by atoms with Crippen molar-refractivity contribution in [3.8, 4) is 16.9 Å². The van der Waals surface area contributed by atoms with Crippen LogP contribution < -0.4 is 10.5 Å². The molecule has 28 heavy (non-hydrogen) atoms. The second kappa shape index (κ2) is 7.31. The molecule has 0 aliphatic carbocycles. The summed E-state index contributed by atoms with van der Waals surface area (Å²) in [5.41, 5.74) is 10.2. The molecule has 2 heterocycles. The Bertz CT molecular complexity index is 1020. The summed E-state index contributed by atoms with van der Waals surface area (Å²) in [5, 5.41) is 0. The highest BCUT2D eigenvalue weighted by atomic mass is 16.5. The molecule has 0 bridgehead atoms. The van der Waals surface area contributed by atoms with Gasteiger partial charge in [-0.05, 0) is 54.3 Å². The zero-order valence-electron chi connectivity index (χ0n) is 15.9. The number of benzene rings is 2. The Kier molecular flexibility index (Phi) is 4.69. The van der Waals surface area contributed by atoms with Crippen LogP contribution in [0.3, 0.4) is 0 Å². The third-order valence-electron chi connectivity index (χ3n) is 4.92. The van der Waals surface area contributed by atoms with E-state index < -0.39 is 5.54 Å². The maximum atomic E-state index is 5.93. The number of hydrogen-bond donors (Lipinski definition) is 1. The Morgan fingerprint density at radius 1 is 1.07 bits per heavy atom. The van der Waals surface area contributed by atoms with Crippen LogP contribution in [-0.2, 0) is 10.3 Å². The quantitative estimate of drug-likeness (QED) is 0.740. The van der Waals surface area contributed by atoms with Gasteiger partial charge >= 0.3 is 0 Å². The summed E-state index contributed by atoms with van der Waals surface area (Å²) >= 11 is 0. The summed E-state index contributed by atoms with van der Waals surface area (Å²) in [5.74, 6) is 0.868. The molecular formula is C22H22N4O2. The number of nitrogens with two attached hydrogens (primary N) is 1. The van der Waals surface area contributed by atoms with Crippen molar-refractivity contribution < 1.29 is 9.47 Å². The first-order valence-electron chi connectivity index (χ1n) is 9.20. The molecule has 142 valence electrons. The number of aromatic nitrogens is 2. The Hall–Kier alpha value is -3.41. The number of ether oxygens (including phenoxy) is 2. The van der Waals surface area contributed by atoms with Gasteiger partial charge in [0.25, 0.3) is 6.02 Å². The average Bonchev–Trinajstić information content (AvgIpc) is 3.13. The second-order valence-corrected chi connectivity index (χ2v) is 6.72. The van der Waals surface area contributed by atoms with Crippen molar-refractivity contribution in [3.63, 3.8) is 0 Å². The topological polar surface area (TPSA) is 82.6 Å². The van der Waals surface area contributed by atoms with E-state index in [2.05, 4.69) is 22.1 Å². The minimum atomic E-state index is -0.703. The maximum absolute atomic E-state index is 5.93. The van der Waals surface area contributed by atoms with Crippen LogP contribution in [-0.4, -0.2) is 29.2 Å². The molecule has 0 saturated heterocycles. The lowest BCUT2D eigenvalue weighted by atomic mass is 9.82. The largest absolute Gasteiger partial charge is 0.494 e. The molecule has 1 aliphatic heterocycles. The highest BCUT2D eigenvalue weighted by Crippen LogP contribution is 2.40. The number of amidine groups is 1. The normalized spacial score (nSPS) is 18.4. The monoisotopic (exact) mass is 374 g/mol. The number of hydrogen-bond acceptors (Lipinski definition) is 6. The van der Waals surface area contributed by atoms with Gasteiger partial charge in [-0.25, -0.2) is 15.0 Å². The number of nitrogens with zero attached hydrogens (tertiary/aromatic N) is 3. The average molecular weight is 374 g/mol. The van der Waals surface area contributed by atoms with Gasteiger partial charge in [-0.1, -0.05) is 24.3 Å². The smallest absolute Gasteiger partial charge is 0.283 e. The molecule has 6 heteroatoms. The highest BCUT2D eigenvalue weighted by Gasteiger charge is 2.40. The number of rotatable bonds is 5. The third kappa shape index (κ3) is 3.17. The standard InChI is InChI=1S/C22H22N4O2/c1-3-27-20-8-7-19(9-15(20)2)22(13-28-21(23)26-22)18-6-4-5-16(10-18)17-11-24-14-25-12-17/h4-12,14H,3,13H2,1-2H3,(H2,23,26)/t22-/m0/s1. The van der Waals surface area contributed by atoms with Crippen LogP contribution in [0, 0.1) is 6.92 Å². The SMILES string of the molecule is CCOc1ccc([C@@]2(c3cccc(-c4cncnc4)c3)COC(N)=N2)cc1C. The van der Waals surface area contributed by atoms with E-state index in [1.165, 1.54) is 6.33 Å². The van der Waals surface area contributed by atoms with E-state index >= 15 is 0 Å². The van der Waals surface area contributed by atoms with E-state index in [4.69, 9.17) is 20.2 Å². The molecule has 6 nitrogen and oxygen atoms in total. The molecule has 0 radical (unpaired) electrons. The van der Waals surface area contributed by atoms with Crippen molar-refractivity contribution in [2.75, 3.05) is 13.2 Å². The number of aliphatic imine (C=N–C) groups is 1. The molecule has 0 amide bonds. The highest BCUT2D eigenvalue weighted by molar-refractivity contribution is 5.75. The van der Waals surface area contributed by atoms with Crippen molar-refractivity contribution in [2.45, 2.75) is 19.4 Å². The maximum Gasteiger partial charge on any atom is 0.283 e. The summed E-state index contributed by atoms with van der Waals surface area (Å²) in [7, 11) is 0. The lowest BCUT2D eigenvalue weighted by Gasteiger charge is -2.26. The fourth-order valence-corrected chi connectivity index (χ4v) is 3.52. The molecule has 2 N–H and O–H groups in total. The van der Waals surface area contributed by atoms with Crippen molar-refractivity contribution in [2.24, 2.45) is 10.7 Å². The van der Waals surface area contributed by atoms with Crippen molar-refractivity contribution in [1.29, 1.82) is 0 Å². The van der Waals surface area contributed by atoms with Gasteiger partial charge in [-0.15, -0.1) is 0 Å². The Balaban J connectivity index is 1.83. The first kappa shape index (κ1) is 18.0. The molecule has 0 fully saturated rings. The van der Waals surface area contributed by atoms with Crippen LogP contribution in [0.15, 0.2) is 66.2 Å². The van der Waals surface area contributed by atoms with Gasteiger partial charge < -0.3 is 15.2 Å². The number of aryl methyl sites for hydroxylation is 1. The van der Waals surface area contributed by atoms with E-state index in [0.717, 1.165) is 33.6 Å². The Labute approximate surface area is 164 Å². The molecule has 0 spiro atoms. The summed E-state index contributed by atoms with van der Waals surface area (Å²) in [4.78, 5) is 12.9. The molecule has 2 aromatic carbocycles. The molecular weight excluding hydrogens is 352 g/mol. The molecule has 1 aliphatic rings. The lowest BCUT2D eigenvalue weighted by molar-refractivity contribution is 0.278. The van der Waals surface area contributed by atoms with Crippen LogP contribution in [0.4, 0.5) is 0 Å². The summed E-state index contributed by atoms with van der Waals surface area (Å²) in [6.07, 6.45) is 5.11. The van der Waals surface area contributed by atoms with Gasteiger partial charge in [0.2, 0.25) is 0 Å². The summed E-state index contributed by atoms with van der Waals surface area (Å²) in [6.45, 7) is 4.98. The minimum Gasteiger partial charge on any atom is -0.494 e. The fraction of sp³-hybridized carbons (Fsp3) is 0.227. The van der Waals surface area contributed by atoms with E-state index in [-0.39, 0.29) is 6.02 Å². The zero-order valence-corrected chi connectivity index (χ0v) is 15.9. The summed E-state index contributed by atoms with van der Waals surface area (Å²) < 4.78 is 11.3. The van der Waals surface area contributed by atoms with Crippen LogP contribution in [0.1, 0.15) is 23.6 Å². The lowest BCUT2D eigenvalue weighted by Crippen LogP contribution is -2.27. The van der Waals surface area contributed by atoms with Crippen LogP contribution in [0.5, 0.6) is 5.75 Å². The predicted octanol–water partition coefficient (Wildman–Crippen LogP) is 3.44. The fourth-order valence-electron chi connectivity index (χ4n) is 3.52. The van der Waals surface area contributed by atoms with E-state index in [1.54, 1.807) is 12.4 Å². The molecule has 0 unspecified atom stereocenters. The van der Waals surface area contributed by atoms with Gasteiger partial charge in [-0.3, -0.25) is 0 Å². The van der Waals surface area contributed by atoms with Gasteiger partial charge in [-0.2, -0.15) is 0 Å². The first-order valence-corrected chi connectivity index (χ1v) is 9.20. The van der Waals surface area contributed by atoms with Crippen molar-refractivity contribution in [1.82, 2.24) is 9.97 Å². The Morgan fingerprint density at radius 3 is 2.54 bits per heavy atom. The van der Waals surface area contributed by atoms with Crippen molar-refractivity contribution >= 4 is 6.02 Å². The van der Waals surface area contributed by atoms with Gasteiger partial charge in [0.15, 0.2) is 5.54 Å². The van der Waals surface area contributed by atoms with Crippen molar-refractivity contribution in [3.05, 3.63) is 77.9 Å². The third-order valence-corrected chi connectivity index (χ3v) is 4.92. The van der Waals surface area contributed by atoms with Gasteiger partial charge in [0.1, 0.15) is 18.7 Å². The zero-order chi connectivity index (χ0) is 19.6. The molecule has 3 aromatic rings.